The van der Waals surface area contributed by atoms with Crippen LogP contribution in [0.3, 0.4) is 0 Å². The van der Waals surface area contributed by atoms with Gasteiger partial charge in [0.05, 0.1) is 24.5 Å². The number of carbonyl (C=O) groups is 2. The van der Waals surface area contributed by atoms with Crippen LogP contribution in [0.2, 0.25) is 0 Å². The maximum absolute atomic E-state index is 15.1. The van der Waals surface area contributed by atoms with Crippen LogP contribution in [-0.2, 0) is 11.3 Å². The molecule has 12 heteroatoms. The van der Waals surface area contributed by atoms with Crippen molar-refractivity contribution in [2.45, 2.75) is 19.5 Å². The van der Waals surface area contributed by atoms with Gasteiger partial charge in [0.2, 0.25) is 0 Å². The number of hydrogen-bond acceptors (Lipinski definition) is 5. The Balaban J connectivity index is 1.38. The van der Waals surface area contributed by atoms with E-state index in [1.54, 1.807) is 31.2 Å². The lowest BCUT2D eigenvalue weighted by molar-refractivity contribution is -0.127. The number of anilines is 2. The smallest absolute Gasteiger partial charge is 0.323 e. The highest BCUT2D eigenvalue weighted by atomic mass is 19.1. The molecular formula is C32H29F4N5O3. The highest BCUT2D eigenvalue weighted by Crippen LogP contribution is 2.35. The zero-order valence-corrected chi connectivity index (χ0v) is 24.1. The molecule has 0 radical (unpaired) electrons. The Labute approximate surface area is 251 Å². The first-order valence-electron chi connectivity index (χ1n) is 13.7. The molecule has 8 nitrogen and oxygen atoms in total. The predicted molar refractivity (Wildman–Crippen MR) is 159 cm³/mol. The molecule has 3 aromatic carbocycles. The summed E-state index contributed by atoms with van der Waals surface area (Å²) in [5.41, 5.74) is -0.167. The van der Waals surface area contributed by atoms with Crippen molar-refractivity contribution in [3.63, 3.8) is 0 Å². The molecular weight excluding hydrogens is 578 g/mol. The first kappa shape index (κ1) is 30.3. The van der Waals surface area contributed by atoms with Gasteiger partial charge in [-0.3, -0.25) is 4.79 Å². The summed E-state index contributed by atoms with van der Waals surface area (Å²) in [5, 5.41) is 4.26. The molecule has 0 aromatic heterocycles. The molecule has 228 valence electrons. The van der Waals surface area contributed by atoms with Gasteiger partial charge >= 0.3 is 6.03 Å². The maximum atomic E-state index is 15.1. The minimum Gasteiger partial charge on any atom is -0.497 e. The second-order valence-electron chi connectivity index (χ2n) is 10.3. The van der Waals surface area contributed by atoms with E-state index in [0.29, 0.717) is 25.0 Å². The average Bonchev–Trinajstić information content (AvgIpc) is 3.00. The van der Waals surface area contributed by atoms with Gasteiger partial charge in [0.1, 0.15) is 34.8 Å². The average molecular weight is 608 g/mol. The fraction of sp³-hybridized carbons (Fsp3) is 0.219. The second kappa shape index (κ2) is 12.6. The number of hydrogen-bond donors (Lipinski definition) is 2. The van der Waals surface area contributed by atoms with Gasteiger partial charge in [-0.25, -0.2) is 27.3 Å². The van der Waals surface area contributed by atoms with E-state index < -0.39 is 58.5 Å². The number of halogens is 4. The SMILES string of the molecule is CCN1C(=O)C(c2cc(NC(=O)Nc3cc(F)ccc3F)c(F)cc2F)=CC2C=NC(N(C)Cc3ccc(OC)cc3)=CC21. The molecule has 2 atom stereocenters. The van der Waals surface area contributed by atoms with Gasteiger partial charge in [-0.05, 0) is 48.9 Å². The second-order valence-corrected chi connectivity index (χ2v) is 10.3. The number of urea groups is 1. The fourth-order valence-electron chi connectivity index (χ4n) is 5.14. The minimum atomic E-state index is -1.12. The molecule has 2 aliphatic heterocycles. The number of methoxy groups -OCH3 is 1. The molecule has 44 heavy (non-hydrogen) atoms. The van der Waals surface area contributed by atoms with E-state index in [9.17, 15) is 22.8 Å². The van der Waals surface area contributed by atoms with Crippen LogP contribution in [0, 0.1) is 29.2 Å². The third-order valence-corrected chi connectivity index (χ3v) is 7.39. The summed E-state index contributed by atoms with van der Waals surface area (Å²) < 4.78 is 62.4. The van der Waals surface area contributed by atoms with E-state index in [1.165, 1.54) is 0 Å². The monoisotopic (exact) mass is 607 g/mol. The summed E-state index contributed by atoms with van der Waals surface area (Å²) in [7, 11) is 3.49. The molecule has 5 rings (SSSR count). The lowest BCUT2D eigenvalue weighted by Crippen LogP contribution is -2.48. The number of nitrogens with zero attached hydrogens (tertiary/aromatic N) is 3. The van der Waals surface area contributed by atoms with Crippen LogP contribution in [0.25, 0.3) is 5.57 Å². The van der Waals surface area contributed by atoms with Crippen LogP contribution in [-0.4, -0.2) is 54.7 Å². The summed E-state index contributed by atoms with van der Waals surface area (Å²) >= 11 is 0. The number of benzene rings is 3. The van der Waals surface area contributed by atoms with Crippen molar-refractivity contribution >= 4 is 35.1 Å². The molecule has 0 saturated heterocycles. The first-order chi connectivity index (χ1) is 21.1. The van der Waals surface area contributed by atoms with Gasteiger partial charge < -0.3 is 25.2 Å². The Morgan fingerprint density at radius 2 is 1.66 bits per heavy atom. The number of ether oxygens (including phenoxy) is 1. The van der Waals surface area contributed by atoms with Crippen LogP contribution >= 0.6 is 0 Å². The van der Waals surface area contributed by atoms with E-state index in [2.05, 4.69) is 15.6 Å². The van der Waals surface area contributed by atoms with Crippen molar-refractivity contribution in [2.75, 3.05) is 31.3 Å². The molecule has 2 aliphatic rings. The van der Waals surface area contributed by atoms with Crippen molar-refractivity contribution in [1.29, 1.82) is 0 Å². The molecule has 0 fully saturated rings. The third-order valence-electron chi connectivity index (χ3n) is 7.39. The highest BCUT2D eigenvalue weighted by molar-refractivity contribution is 6.21. The largest absolute Gasteiger partial charge is 0.497 e. The van der Waals surface area contributed by atoms with Crippen LogP contribution in [0.1, 0.15) is 18.1 Å². The van der Waals surface area contributed by atoms with E-state index in [1.807, 2.05) is 42.3 Å². The van der Waals surface area contributed by atoms with Crippen molar-refractivity contribution in [3.8, 4) is 5.75 Å². The summed E-state index contributed by atoms with van der Waals surface area (Å²) in [6, 6.07) is 10.1. The van der Waals surface area contributed by atoms with E-state index in [-0.39, 0.29) is 11.1 Å². The van der Waals surface area contributed by atoms with Crippen molar-refractivity contribution < 1.29 is 31.9 Å². The molecule has 0 aliphatic carbocycles. The third kappa shape index (κ3) is 6.29. The normalized spacial score (nSPS) is 17.4. The summed E-state index contributed by atoms with van der Waals surface area (Å²) in [5.74, 6) is -3.32. The zero-order valence-electron chi connectivity index (χ0n) is 24.1. The van der Waals surface area contributed by atoms with Crippen molar-refractivity contribution in [3.05, 3.63) is 107 Å². The van der Waals surface area contributed by atoms with E-state index in [0.717, 1.165) is 35.6 Å². The van der Waals surface area contributed by atoms with Crippen LogP contribution < -0.4 is 15.4 Å². The molecule has 0 saturated carbocycles. The van der Waals surface area contributed by atoms with Crippen molar-refractivity contribution in [2.24, 2.45) is 10.9 Å². The Morgan fingerprint density at radius 1 is 0.955 bits per heavy atom. The molecule has 3 amide bonds. The lowest BCUT2D eigenvalue weighted by Gasteiger charge is -2.39. The Bertz CT molecular complexity index is 1690. The maximum Gasteiger partial charge on any atom is 0.323 e. The molecule has 2 heterocycles. The quantitative estimate of drug-likeness (QED) is 0.300. The number of aliphatic imine (C=N–C) groups is 1. The number of rotatable bonds is 8. The summed E-state index contributed by atoms with van der Waals surface area (Å²) in [6.45, 7) is 2.65. The summed E-state index contributed by atoms with van der Waals surface area (Å²) in [4.78, 5) is 34.2. The lowest BCUT2D eigenvalue weighted by atomic mass is 9.87. The van der Waals surface area contributed by atoms with Gasteiger partial charge in [-0.1, -0.05) is 18.2 Å². The fourth-order valence-corrected chi connectivity index (χ4v) is 5.14. The molecule has 0 spiro atoms. The van der Waals surface area contributed by atoms with E-state index >= 15 is 4.39 Å². The first-order valence-corrected chi connectivity index (χ1v) is 13.7. The van der Waals surface area contributed by atoms with Gasteiger partial charge in [0.25, 0.3) is 5.91 Å². The standard InChI is InChI=1S/C32H29F4N5O3/c1-4-41-29-15-30(40(2)17-18-5-8-21(44-3)9-6-18)37-16-19(29)11-23(31(41)42)22-13-28(26(36)14-25(22)35)39-32(43)38-27-12-20(33)7-10-24(27)34/h5-16,19,29H,4,17H2,1-3H3,(H2,38,39,43). The van der Waals surface area contributed by atoms with E-state index in [4.69, 9.17) is 4.74 Å². The van der Waals surface area contributed by atoms with Crippen LogP contribution in [0.4, 0.5) is 33.7 Å². The molecule has 2 N–H and O–H groups in total. The molecule has 2 unspecified atom stereocenters. The Kier molecular flexibility index (Phi) is 8.70. The van der Waals surface area contributed by atoms with Crippen LogP contribution in [0.5, 0.6) is 5.75 Å². The number of likely N-dealkylation sites (N-methyl/N-ethyl adjacent to an activating group) is 1. The molecule has 0 bridgehead atoms. The Morgan fingerprint density at radius 3 is 2.34 bits per heavy atom. The van der Waals surface area contributed by atoms with Gasteiger partial charge in [0.15, 0.2) is 0 Å². The highest BCUT2D eigenvalue weighted by Gasteiger charge is 2.37. The predicted octanol–water partition coefficient (Wildman–Crippen LogP) is 6.18. The number of carbonyl (C=O) groups excluding carboxylic acids is 2. The number of nitrogens with one attached hydrogen (secondary N) is 2. The zero-order chi connectivity index (χ0) is 31.5. The van der Waals surface area contributed by atoms with Crippen LogP contribution in [0.15, 0.2) is 77.6 Å². The topological polar surface area (TPSA) is 86.3 Å². The van der Waals surface area contributed by atoms with Gasteiger partial charge in [-0.2, -0.15) is 0 Å². The molecule has 3 aromatic rings. The number of fused-ring (bicyclic) bond motifs is 1. The van der Waals surface area contributed by atoms with Gasteiger partial charge in [0, 0.05) is 55.5 Å². The van der Waals surface area contributed by atoms with Gasteiger partial charge in [-0.15, -0.1) is 0 Å². The minimum absolute atomic E-state index is 0.0277. The summed E-state index contributed by atoms with van der Waals surface area (Å²) in [6.07, 6.45) is 5.13. The number of amides is 3. The Hall–Kier alpha value is -5.13. The van der Waals surface area contributed by atoms with Crippen molar-refractivity contribution in [1.82, 2.24) is 9.80 Å².